The molecule has 0 spiro atoms. The summed E-state index contributed by atoms with van der Waals surface area (Å²) in [5, 5.41) is 2.87. The first-order valence-electron chi connectivity index (χ1n) is 6.14. The van der Waals surface area contributed by atoms with Gasteiger partial charge in [0.25, 0.3) is 5.91 Å². The van der Waals surface area contributed by atoms with E-state index in [1.807, 2.05) is 12.1 Å². The van der Waals surface area contributed by atoms with Crippen molar-refractivity contribution in [3.05, 3.63) is 51.9 Å². The third kappa shape index (κ3) is 2.51. The summed E-state index contributed by atoms with van der Waals surface area (Å²) in [5.41, 5.74) is 2.74. The fraction of sp³-hybridized carbons (Fsp3) is 0.214. The van der Waals surface area contributed by atoms with Gasteiger partial charge in [-0.25, -0.2) is 9.97 Å². The van der Waals surface area contributed by atoms with E-state index in [0.29, 0.717) is 11.4 Å². The van der Waals surface area contributed by atoms with E-state index < -0.39 is 0 Å². The molecule has 0 aliphatic heterocycles. The van der Waals surface area contributed by atoms with Gasteiger partial charge in [-0.3, -0.25) is 4.79 Å². The number of anilines is 1. The highest BCUT2D eigenvalue weighted by Gasteiger charge is 2.18. The van der Waals surface area contributed by atoms with Crippen molar-refractivity contribution in [2.24, 2.45) is 0 Å². The van der Waals surface area contributed by atoms with Gasteiger partial charge in [-0.2, -0.15) is 0 Å². The molecule has 0 atom stereocenters. The molecule has 1 aromatic carbocycles. The van der Waals surface area contributed by atoms with E-state index in [-0.39, 0.29) is 5.91 Å². The van der Waals surface area contributed by atoms with Crippen LogP contribution in [0.2, 0.25) is 0 Å². The zero-order valence-electron chi connectivity index (χ0n) is 10.2. The van der Waals surface area contributed by atoms with E-state index in [1.54, 1.807) is 12.1 Å². The minimum absolute atomic E-state index is 0.144. The van der Waals surface area contributed by atoms with Crippen LogP contribution in [0.4, 0.5) is 5.82 Å². The summed E-state index contributed by atoms with van der Waals surface area (Å²) in [6.45, 7) is 0. The Morgan fingerprint density at radius 2 is 2.16 bits per heavy atom. The van der Waals surface area contributed by atoms with Crippen molar-refractivity contribution >= 4 is 27.7 Å². The first-order valence-corrected chi connectivity index (χ1v) is 6.93. The Hall–Kier alpha value is -1.75. The molecule has 4 nitrogen and oxygen atoms in total. The Balaban J connectivity index is 1.86. The summed E-state index contributed by atoms with van der Waals surface area (Å²) < 4.78 is 0.882. The summed E-state index contributed by atoms with van der Waals surface area (Å²) in [6, 6.07) is 7.29. The van der Waals surface area contributed by atoms with Crippen molar-refractivity contribution in [3.63, 3.8) is 0 Å². The number of amides is 1. The first-order chi connectivity index (χ1) is 9.24. The second kappa shape index (κ2) is 5.09. The molecule has 1 N–H and O–H groups in total. The Morgan fingerprint density at radius 1 is 1.26 bits per heavy atom. The molecular formula is C14H12BrN3O. The van der Waals surface area contributed by atoms with Crippen molar-refractivity contribution < 1.29 is 4.79 Å². The lowest BCUT2D eigenvalue weighted by atomic mass is 10.2. The quantitative estimate of drug-likeness (QED) is 0.926. The van der Waals surface area contributed by atoms with Gasteiger partial charge in [0.2, 0.25) is 0 Å². The summed E-state index contributed by atoms with van der Waals surface area (Å²) in [6.07, 6.45) is 4.50. The van der Waals surface area contributed by atoms with Crippen LogP contribution in [0.3, 0.4) is 0 Å². The van der Waals surface area contributed by atoms with Crippen molar-refractivity contribution in [1.82, 2.24) is 9.97 Å². The third-order valence-corrected chi connectivity index (χ3v) is 3.69. The van der Waals surface area contributed by atoms with E-state index in [1.165, 1.54) is 6.33 Å². The number of hydrogen-bond acceptors (Lipinski definition) is 3. The molecule has 1 amide bonds. The Morgan fingerprint density at radius 3 is 3.00 bits per heavy atom. The van der Waals surface area contributed by atoms with Gasteiger partial charge in [-0.15, -0.1) is 0 Å². The lowest BCUT2D eigenvalue weighted by Gasteiger charge is -2.08. The van der Waals surface area contributed by atoms with Crippen molar-refractivity contribution in [3.8, 4) is 0 Å². The Bertz CT molecular complexity index is 642. The lowest BCUT2D eigenvalue weighted by molar-refractivity contribution is 0.102. The minimum atomic E-state index is -0.144. The van der Waals surface area contributed by atoms with Crippen LogP contribution in [-0.4, -0.2) is 15.9 Å². The molecule has 3 rings (SSSR count). The topological polar surface area (TPSA) is 54.9 Å². The first kappa shape index (κ1) is 12.3. The van der Waals surface area contributed by atoms with E-state index in [0.717, 1.165) is 35.0 Å². The molecule has 1 aliphatic carbocycles. The number of nitrogens with one attached hydrogen (secondary N) is 1. The molecule has 1 aromatic heterocycles. The van der Waals surface area contributed by atoms with Crippen molar-refractivity contribution in [2.75, 3.05) is 5.32 Å². The molecule has 19 heavy (non-hydrogen) atoms. The van der Waals surface area contributed by atoms with Gasteiger partial charge < -0.3 is 5.32 Å². The number of aromatic nitrogens is 2. The molecule has 1 heterocycles. The summed E-state index contributed by atoms with van der Waals surface area (Å²) in [4.78, 5) is 20.6. The number of carbonyl (C=O) groups excluding carboxylic acids is 1. The number of benzene rings is 1. The average molecular weight is 318 g/mol. The second-order valence-corrected chi connectivity index (χ2v) is 5.38. The summed E-state index contributed by atoms with van der Waals surface area (Å²) in [7, 11) is 0. The number of hydrogen-bond donors (Lipinski definition) is 1. The van der Waals surface area contributed by atoms with Gasteiger partial charge in [-0.05, 0) is 37.5 Å². The van der Waals surface area contributed by atoms with E-state index >= 15 is 0 Å². The maximum atomic E-state index is 12.2. The highest BCUT2D eigenvalue weighted by Crippen LogP contribution is 2.25. The van der Waals surface area contributed by atoms with Crippen LogP contribution in [0.15, 0.2) is 35.1 Å². The maximum absolute atomic E-state index is 12.2. The standard InChI is InChI=1S/C14H12BrN3O/c15-10-4-1-3-9(7-10)14(19)18-13-11-5-2-6-12(11)16-8-17-13/h1,3-4,7-8H,2,5-6H2,(H,16,17,18,19). The SMILES string of the molecule is O=C(Nc1ncnc2c1CCC2)c1cccc(Br)c1. The highest BCUT2D eigenvalue weighted by atomic mass is 79.9. The Labute approximate surface area is 119 Å². The molecule has 5 heteroatoms. The highest BCUT2D eigenvalue weighted by molar-refractivity contribution is 9.10. The predicted octanol–water partition coefficient (Wildman–Crippen LogP) is 2.98. The van der Waals surface area contributed by atoms with Crippen LogP contribution in [0.25, 0.3) is 0 Å². The van der Waals surface area contributed by atoms with Crippen LogP contribution in [0, 0.1) is 0 Å². The van der Waals surface area contributed by atoms with Crippen LogP contribution in [0.1, 0.15) is 28.0 Å². The Kier molecular flexibility index (Phi) is 3.29. The zero-order chi connectivity index (χ0) is 13.2. The monoisotopic (exact) mass is 317 g/mol. The largest absolute Gasteiger partial charge is 0.306 e. The molecule has 0 bridgehead atoms. The molecule has 1 aliphatic rings. The van der Waals surface area contributed by atoms with Crippen molar-refractivity contribution in [2.45, 2.75) is 19.3 Å². The van der Waals surface area contributed by atoms with E-state index in [2.05, 4.69) is 31.2 Å². The maximum Gasteiger partial charge on any atom is 0.256 e. The van der Waals surface area contributed by atoms with Gasteiger partial charge in [0.1, 0.15) is 12.1 Å². The van der Waals surface area contributed by atoms with Crippen LogP contribution in [-0.2, 0) is 12.8 Å². The molecule has 0 saturated heterocycles. The second-order valence-electron chi connectivity index (χ2n) is 4.47. The van der Waals surface area contributed by atoms with Crippen LogP contribution >= 0.6 is 15.9 Å². The van der Waals surface area contributed by atoms with Gasteiger partial charge >= 0.3 is 0 Å². The number of rotatable bonds is 2. The lowest BCUT2D eigenvalue weighted by Crippen LogP contribution is -2.14. The van der Waals surface area contributed by atoms with Gasteiger partial charge in [0, 0.05) is 21.3 Å². The molecule has 0 saturated carbocycles. The third-order valence-electron chi connectivity index (χ3n) is 3.19. The number of halogens is 1. The smallest absolute Gasteiger partial charge is 0.256 e. The van der Waals surface area contributed by atoms with Gasteiger partial charge in [-0.1, -0.05) is 22.0 Å². The van der Waals surface area contributed by atoms with Crippen LogP contribution in [0.5, 0.6) is 0 Å². The number of fused-ring (bicyclic) bond motifs is 1. The van der Waals surface area contributed by atoms with E-state index in [4.69, 9.17) is 0 Å². The normalized spacial score (nSPS) is 13.1. The molecule has 0 radical (unpaired) electrons. The van der Waals surface area contributed by atoms with Gasteiger partial charge in [0.15, 0.2) is 0 Å². The van der Waals surface area contributed by atoms with E-state index in [9.17, 15) is 4.79 Å². The summed E-state index contributed by atoms with van der Waals surface area (Å²) >= 11 is 3.36. The fourth-order valence-corrected chi connectivity index (χ4v) is 2.68. The number of nitrogens with zero attached hydrogens (tertiary/aromatic N) is 2. The number of carbonyl (C=O) groups is 1. The molecular weight excluding hydrogens is 306 g/mol. The zero-order valence-corrected chi connectivity index (χ0v) is 11.8. The number of aryl methyl sites for hydroxylation is 1. The fourth-order valence-electron chi connectivity index (χ4n) is 2.28. The molecule has 0 unspecified atom stereocenters. The summed E-state index contributed by atoms with van der Waals surface area (Å²) in [5.74, 6) is 0.501. The molecule has 96 valence electrons. The van der Waals surface area contributed by atoms with Gasteiger partial charge in [0.05, 0.1) is 0 Å². The van der Waals surface area contributed by atoms with Crippen LogP contribution < -0.4 is 5.32 Å². The molecule has 2 aromatic rings. The van der Waals surface area contributed by atoms with Crippen molar-refractivity contribution in [1.29, 1.82) is 0 Å². The predicted molar refractivity (Wildman–Crippen MR) is 76.2 cm³/mol. The minimum Gasteiger partial charge on any atom is -0.306 e. The average Bonchev–Trinajstić information content (AvgIpc) is 2.88. The molecule has 0 fully saturated rings.